The topological polar surface area (TPSA) is 64.3 Å². The summed E-state index contributed by atoms with van der Waals surface area (Å²) in [5.74, 6) is 0.378. The molecule has 0 bridgehead atoms. The summed E-state index contributed by atoms with van der Waals surface area (Å²) in [5.41, 5.74) is 5.37. The molecule has 0 radical (unpaired) electrons. The molecule has 0 aliphatic rings. The molecule has 0 saturated heterocycles. The fourth-order valence-electron chi connectivity index (χ4n) is 1.40. The molecule has 1 aromatic rings. The SMILES string of the molecule is COc1cccc(Cl)c1CNC(=O)C(C)(C)C(N)=S. The first-order valence-corrected chi connectivity index (χ1v) is 6.49. The lowest BCUT2D eigenvalue weighted by Gasteiger charge is -2.22. The van der Waals surface area contributed by atoms with Crippen molar-refractivity contribution in [2.24, 2.45) is 11.1 Å². The summed E-state index contributed by atoms with van der Waals surface area (Å²) in [6.45, 7) is 3.61. The standard InChI is InChI=1S/C13H17ClN2O2S/c1-13(2,11(15)19)12(17)16-7-8-9(14)5-4-6-10(8)18-3/h4-6H,7H2,1-3H3,(H2,15,19)(H,16,17). The number of nitrogens with two attached hydrogens (primary N) is 1. The number of rotatable bonds is 5. The molecule has 0 aliphatic heterocycles. The highest BCUT2D eigenvalue weighted by Crippen LogP contribution is 2.26. The second-order valence-electron chi connectivity index (χ2n) is 4.59. The molecule has 0 aromatic heterocycles. The van der Waals surface area contributed by atoms with Crippen LogP contribution < -0.4 is 15.8 Å². The Labute approximate surface area is 123 Å². The Morgan fingerprint density at radius 3 is 2.68 bits per heavy atom. The van der Waals surface area contributed by atoms with Crippen molar-refractivity contribution >= 4 is 34.7 Å². The van der Waals surface area contributed by atoms with Crippen LogP contribution in [0.4, 0.5) is 0 Å². The van der Waals surface area contributed by atoms with Crippen LogP contribution in [0.1, 0.15) is 19.4 Å². The summed E-state index contributed by atoms with van der Waals surface area (Å²) in [4.78, 5) is 12.2. The summed E-state index contributed by atoms with van der Waals surface area (Å²) in [6.07, 6.45) is 0. The fraction of sp³-hybridized carbons (Fsp3) is 0.385. The maximum absolute atomic E-state index is 12.0. The Kier molecular flexibility index (Phi) is 5.14. The van der Waals surface area contributed by atoms with Crippen molar-refractivity contribution in [2.45, 2.75) is 20.4 Å². The number of hydrogen-bond donors (Lipinski definition) is 2. The molecule has 0 aliphatic carbocycles. The zero-order valence-corrected chi connectivity index (χ0v) is 12.7. The van der Waals surface area contributed by atoms with Crippen molar-refractivity contribution in [3.8, 4) is 5.75 Å². The quantitative estimate of drug-likeness (QED) is 0.819. The highest BCUT2D eigenvalue weighted by Gasteiger charge is 2.30. The molecule has 19 heavy (non-hydrogen) atoms. The number of ether oxygens (including phenoxy) is 1. The number of amides is 1. The second kappa shape index (κ2) is 6.21. The molecular weight excluding hydrogens is 284 g/mol. The van der Waals surface area contributed by atoms with Crippen molar-refractivity contribution < 1.29 is 9.53 Å². The third kappa shape index (κ3) is 3.58. The van der Waals surface area contributed by atoms with E-state index in [1.807, 2.05) is 0 Å². The first-order valence-electron chi connectivity index (χ1n) is 5.70. The smallest absolute Gasteiger partial charge is 0.232 e. The van der Waals surface area contributed by atoms with Crippen LogP contribution in [0.5, 0.6) is 5.75 Å². The van der Waals surface area contributed by atoms with Crippen molar-refractivity contribution in [1.29, 1.82) is 0 Å². The molecule has 0 saturated carbocycles. The van der Waals surface area contributed by atoms with Gasteiger partial charge in [0.2, 0.25) is 5.91 Å². The lowest BCUT2D eigenvalue weighted by molar-refractivity contribution is -0.126. The Hall–Kier alpha value is -1.33. The second-order valence-corrected chi connectivity index (χ2v) is 5.44. The van der Waals surface area contributed by atoms with Crippen LogP contribution in [0.2, 0.25) is 5.02 Å². The maximum atomic E-state index is 12.0. The maximum Gasteiger partial charge on any atom is 0.232 e. The van der Waals surface area contributed by atoms with Gasteiger partial charge >= 0.3 is 0 Å². The Morgan fingerprint density at radius 1 is 1.53 bits per heavy atom. The summed E-state index contributed by atoms with van der Waals surface area (Å²) >= 11 is 11.0. The van der Waals surface area contributed by atoms with Gasteiger partial charge in [-0.2, -0.15) is 0 Å². The minimum atomic E-state index is -0.899. The van der Waals surface area contributed by atoms with Gasteiger partial charge in [0.05, 0.1) is 17.5 Å². The Bertz CT molecular complexity index is 503. The number of nitrogens with one attached hydrogen (secondary N) is 1. The van der Waals surface area contributed by atoms with Gasteiger partial charge in [-0.3, -0.25) is 4.79 Å². The van der Waals surface area contributed by atoms with E-state index in [2.05, 4.69) is 5.32 Å². The summed E-state index contributed by atoms with van der Waals surface area (Å²) in [7, 11) is 1.55. The number of carbonyl (C=O) groups is 1. The Morgan fingerprint density at radius 2 is 2.16 bits per heavy atom. The average molecular weight is 301 g/mol. The molecule has 1 aromatic carbocycles. The van der Waals surface area contributed by atoms with E-state index in [0.717, 1.165) is 5.56 Å². The first kappa shape index (κ1) is 15.7. The van der Waals surface area contributed by atoms with Crippen molar-refractivity contribution in [3.63, 3.8) is 0 Å². The van der Waals surface area contributed by atoms with Gasteiger partial charge in [0.25, 0.3) is 0 Å². The van der Waals surface area contributed by atoms with Gasteiger partial charge in [-0.1, -0.05) is 29.9 Å². The molecule has 4 nitrogen and oxygen atoms in total. The fourth-order valence-corrected chi connectivity index (χ4v) is 1.73. The number of benzene rings is 1. The van der Waals surface area contributed by atoms with Gasteiger partial charge in [0.1, 0.15) is 5.75 Å². The molecule has 0 heterocycles. The zero-order chi connectivity index (χ0) is 14.6. The van der Waals surface area contributed by atoms with Crippen LogP contribution in [0.3, 0.4) is 0 Å². The van der Waals surface area contributed by atoms with E-state index >= 15 is 0 Å². The normalized spacial score (nSPS) is 10.9. The van der Waals surface area contributed by atoms with Gasteiger partial charge in [-0.25, -0.2) is 0 Å². The average Bonchev–Trinajstić information content (AvgIpc) is 2.36. The highest BCUT2D eigenvalue weighted by molar-refractivity contribution is 7.80. The number of thiocarbonyl (C=S) groups is 1. The third-order valence-corrected chi connectivity index (χ3v) is 3.77. The summed E-state index contributed by atoms with van der Waals surface area (Å²) < 4.78 is 5.21. The molecule has 6 heteroatoms. The van der Waals surface area contributed by atoms with E-state index in [1.54, 1.807) is 39.2 Å². The minimum Gasteiger partial charge on any atom is -0.496 e. The number of hydrogen-bond acceptors (Lipinski definition) is 3. The molecule has 0 spiro atoms. The minimum absolute atomic E-state index is 0.149. The van der Waals surface area contributed by atoms with Crippen LogP contribution in [0.15, 0.2) is 18.2 Å². The zero-order valence-electron chi connectivity index (χ0n) is 11.1. The van der Waals surface area contributed by atoms with Crippen LogP contribution in [0, 0.1) is 5.41 Å². The van der Waals surface area contributed by atoms with Gasteiger partial charge in [-0.15, -0.1) is 0 Å². The van der Waals surface area contributed by atoms with Gasteiger partial charge in [0.15, 0.2) is 0 Å². The van der Waals surface area contributed by atoms with E-state index in [4.69, 9.17) is 34.3 Å². The molecular formula is C13H17ClN2O2S. The lowest BCUT2D eigenvalue weighted by atomic mass is 9.92. The van der Waals surface area contributed by atoms with Gasteiger partial charge in [-0.05, 0) is 26.0 Å². The lowest BCUT2D eigenvalue weighted by Crippen LogP contribution is -2.44. The molecule has 104 valence electrons. The molecule has 0 unspecified atom stereocenters. The molecule has 1 rings (SSSR count). The van der Waals surface area contributed by atoms with Crippen molar-refractivity contribution in [3.05, 3.63) is 28.8 Å². The number of halogens is 1. The monoisotopic (exact) mass is 300 g/mol. The van der Waals surface area contributed by atoms with Crippen LogP contribution in [0.25, 0.3) is 0 Å². The van der Waals surface area contributed by atoms with Crippen molar-refractivity contribution in [2.75, 3.05) is 7.11 Å². The van der Waals surface area contributed by atoms with Gasteiger partial charge < -0.3 is 15.8 Å². The van der Waals surface area contributed by atoms with Gasteiger partial charge in [0, 0.05) is 17.1 Å². The van der Waals surface area contributed by atoms with Crippen LogP contribution in [-0.2, 0) is 11.3 Å². The molecule has 0 fully saturated rings. The van der Waals surface area contributed by atoms with Crippen LogP contribution in [-0.4, -0.2) is 18.0 Å². The van der Waals surface area contributed by atoms with E-state index < -0.39 is 5.41 Å². The van der Waals surface area contributed by atoms with E-state index in [1.165, 1.54) is 0 Å². The molecule has 3 N–H and O–H groups in total. The molecule has 0 atom stereocenters. The summed E-state index contributed by atoms with van der Waals surface area (Å²) in [5, 5.41) is 3.30. The largest absolute Gasteiger partial charge is 0.496 e. The van der Waals surface area contributed by atoms with E-state index in [0.29, 0.717) is 10.8 Å². The van der Waals surface area contributed by atoms with Crippen LogP contribution >= 0.6 is 23.8 Å². The predicted octanol–water partition coefficient (Wildman–Crippen LogP) is 2.28. The van der Waals surface area contributed by atoms with Crippen molar-refractivity contribution in [1.82, 2.24) is 5.32 Å². The Balaban J connectivity index is 2.84. The highest BCUT2D eigenvalue weighted by atomic mass is 35.5. The predicted molar refractivity (Wildman–Crippen MR) is 80.4 cm³/mol. The van der Waals surface area contributed by atoms with E-state index in [-0.39, 0.29) is 17.4 Å². The summed E-state index contributed by atoms with van der Waals surface area (Å²) in [6, 6.07) is 5.31. The first-order chi connectivity index (χ1) is 8.80. The number of methoxy groups -OCH3 is 1. The molecule has 1 amide bonds. The third-order valence-electron chi connectivity index (χ3n) is 2.91. The number of carbonyl (C=O) groups excluding carboxylic acids is 1. The van der Waals surface area contributed by atoms with E-state index in [9.17, 15) is 4.79 Å².